The number of hydrogen-bond acceptors (Lipinski definition) is 6. The Balaban J connectivity index is 2.13. The number of carbonyl (C=O) groups excluding carboxylic acids is 2. The second-order valence-electron chi connectivity index (χ2n) is 8.23. The van der Waals surface area contributed by atoms with Gasteiger partial charge in [-0.05, 0) is 44.0 Å². The van der Waals surface area contributed by atoms with Crippen LogP contribution in [0.15, 0.2) is 36.4 Å². The molecule has 196 valence electrons. The molecule has 0 unspecified atom stereocenters. The number of alkyl halides is 3. The second-order valence-corrected chi connectivity index (χ2v) is 8.23. The highest BCUT2D eigenvalue weighted by Crippen LogP contribution is 2.46. The average Bonchev–Trinajstić information content (AvgIpc) is 2.85. The highest BCUT2D eigenvalue weighted by atomic mass is 19.4. The summed E-state index contributed by atoms with van der Waals surface area (Å²) < 4.78 is 61.0. The molecule has 2 aromatic rings. The summed E-state index contributed by atoms with van der Waals surface area (Å²) in [6, 6.07) is 6.98. The number of hydrogen-bond donors (Lipinski definition) is 0. The molecule has 0 spiro atoms. The quantitative estimate of drug-likeness (QED) is 0.490. The Morgan fingerprint density at radius 2 is 1.75 bits per heavy atom. The molecule has 0 N–H and O–H groups in total. The van der Waals surface area contributed by atoms with Gasteiger partial charge >= 0.3 is 18.4 Å². The Hall–Kier alpha value is -3.63. The first kappa shape index (κ1) is 27.0. The maximum Gasteiger partial charge on any atom is 0.416 e. The monoisotopic (exact) mass is 510 g/mol. The van der Waals surface area contributed by atoms with Crippen LogP contribution >= 0.6 is 0 Å². The third-order valence-electron chi connectivity index (χ3n) is 6.01. The minimum atomic E-state index is -4.53. The molecule has 2 aromatic carbocycles. The number of halogens is 3. The summed E-state index contributed by atoms with van der Waals surface area (Å²) in [7, 11) is 4.11. The lowest BCUT2D eigenvalue weighted by molar-refractivity contribution is -0.137. The highest BCUT2D eigenvalue weighted by molar-refractivity contribution is 5.91. The van der Waals surface area contributed by atoms with Crippen molar-refractivity contribution in [3.8, 4) is 11.5 Å². The summed E-state index contributed by atoms with van der Waals surface area (Å²) in [5, 5.41) is 0. The predicted octanol–water partition coefficient (Wildman–Crippen LogP) is 5.79. The van der Waals surface area contributed by atoms with Crippen LogP contribution in [0.4, 0.5) is 28.4 Å². The molecule has 11 heteroatoms. The van der Waals surface area contributed by atoms with Crippen molar-refractivity contribution in [2.24, 2.45) is 0 Å². The lowest BCUT2D eigenvalue weighted by Gasteiger charge is -2.42. The molecule has 0 saturated heterocycles. The molecular weight excluding hydrogens is 481 g/mol. The Morgan fingerprint density at radius 3 is 2.33 bits per heavy atom. The molecular formula is C25H29F3N2O6. The molecule has 0 radical (unpaired) electrons. The van der Waals surface area contributed by atoms with E-state index < -0.39 is 36.0 Å². The Morgan fingerprint density at radius 1 is 1.08 bits per heavy atom. The van der Waals surface area contributed by atoms with Gasteiger partial charge in [0.1, 0.15) is 0 Å². The van der Waals surface area contributed by atoms with E-state index in [0.717, 1.165) is 12.1 Å². The number of methoxy groups -OCH3 is 3. The van der Waals surface area contributed by atoms with E-state index in [0.29, 0.717) is 22.7 Å². The van der Waals surface area contributed by atoms with Gasteiger partial charge in [-0.3, -0.25) is 9.80 Å². The van der Waals surface area contributed by atoms with E-state index in [1.165, 1.54) is 43.3 Å². The van der Waals surface area contributed by atoms with Gasteiger partial charge in [-0.2, -0.15) is 13.2 Å². The third-order valence-corrected chi connectivity index (χ3v) is 6.01. The molecule has 1 aliphatic heterocycles. The van der Waals surface area contributed by atoms with Crippen molar-refractivity contribution >= 4 is 17.9 Å². The van der Waals surface area contributed by atoms with Gasteiger partial charge in [0.05, 0.1) is 45.2 Å². The summed E-state index contributed by atoms with van der Waals surface area (Å²) in [5.41, 5.74) is 0.434. The van der Waals surface area contributed by atoms with Gasteiger partial charge in [0.25, 0.3) is 0 Å². The zero-order valence-electron chi connectivity index (χ0n) is 20.7. The van der Waals surface area contributed by atoms with Gasteiger partial charge < -0.3 is 18.9 Å². The molecule has 1 aliphatic rings. The fraction of sp³-hybridized carbons (Fsp3) is 0.440. The molecule has 0 aromatic heterocycles. The van der Waals surface area contributed by atoms with Crippen LogP contribution in [0.2, 0.25) is 0 Å². The van der Waals surface area contributed by atoms with Gasteiger partial charge in [-0.1, -0.05) is 12.1 Å². The number of ether oxygens (including phenoxy) is 4. The maximum absolute atomic E-state index is 13.3. The van der Waals surface area contributed by atoms with Crippen molar-refractivity contribution in [3.05, 3.63) is 53.1 Å². The molecule has 8 nitrogen and oxygen atoms in total. The fourth-order valence-electron chi connectivity index (χ4n) is 4.38. The summed E-state index contributed by atoms with van der Waals surface area (Å²) in [4.78, 5) is 28.6. The number of anilines is 1. The predicted molar refractivity (Wildman–Crippen MR) is 125 cm³/mol. The number of amides is 2. The number of fused-ring (bicyclic) bond motifs is 1. The molecule has 36 heavy (non-hydrogen) atoms. The van der Waals surface area contributed by atoms with E-state index in [9.17, 15) is 22.8 Å². The van der Waals surface area contributed by atoms with Crippen molar-refractivity contribution in [2.45, 2.75) is 45.1 Å². The molecule has 0 fully saturated rings. The standard InChI is InChI=1S/C25H29F3N2O6/c1-6-36-24(32)30-15(2)10-19(18-12-21(33-3)22(34-4)13-20(18)30)29(23(31)35-5)14-16-8-7-9-17(11-16)25(26,27)28/h7-9,11-13,15,19H,6,10,14H2,1-5H3/t15-,19+/m1/s1. The molecule has 0 bridgehead atoms. The minimum absolute atomic E-state index is 0.152. The zero-order chi connectivity index (χ0) is 26.6. The van der Waals surface area contributed by atoms with Crippen molar-refractivity contribution in [2.75, 3.05) is 32.8 Å². The SMILES string of the molecule is CCOC(=O)N1c2cc(OC)c(OC)cc2[C@@H](N(Cc2cccc(C(F)(F)F)c2)C(=O)OC)C[C@H]1C. The van der Waals surface area contributed by atoms with E-state index >= 15 is 0 Å². The molecule has 3 rings (SSSR count). The van der Waals surface area contributed by atoms with Crippen molar-refractivity contribution in [1.82, 2.24) is 4.90 Å². The van der Waals surface area contributed by atoms with Crippen LogP contribution in [-0.2, 0) is 22.2 Å². The Kier molecular flexibility index (Phi) is 8.21. The summed E-state index contributed by atoms with van der Waals surface area (Å²) in [6.45, 7) is 3.50. The second kappa shape index (κ2) is 11.0. The van der Waals surface area contributed by atoms with Crippen LogP contribution in [0, 0.1) is 0 Å². The van der Waals surface area contributed by atoms with E-state index in [2.05, 4.69) is 0 Å². The number of rotatable bonds is 6. The Labute approximate surface area is 207 Å². The molecule has 2 atom stereocenters. The van der Waals surface area contributed by atoms with E-state index in [-0.39, 0.29) is 25.1 Å². The van der Waals surface area contributed by atoms with E-state index in [1.807, 2.05) is 0 Å². The first-order valence-corrected chi connectivity index (χ1v) is 11.3. The normalized spacial score (nSPS) is 17.2. The number of carbonyl (C=O) groups is 2. The minimum Gasteiger partial charge on any atom is -0.493 e. The lowest BCUT2D eigenvalue weighted by atomic mass is 9.90. The Bertz CT molecular complexity index is 1110. The summed E-state index contributed by atoms with van der Waals surface area (Å²) >= 11 is 0. The van der Waals surface area contributed by atoms with Crippen LogP contribution in [0.1, 0.15) is 43.0 Å². The number of nitrogens with zero attached hydrogens (tertiary/aromatic N) is 2. The first-order chi connectivity index (χ1) is 17.0. The summed E-state index contributed by atoms with van der Waals surface area (Å²) in [6.07, 6.45) is -5.55. The van der Waals surface area contributed by atoms with Crippen LogP contribution < -0.4 is 14.4 Å². The van der Waals surface area contributed by atoms with Gasteiger partial charge in [0, 0.05) is 24.2 Å². The van der Waals surface area contributed by atoms with Crippen molar-refractivity contribution in [1.29, 1.82) is 0 Å². The zero-order valence-corrected chi connectivity index (χ0v) is 20.7. The molecule has 2 amide bonds. The molecule has 0 saturated carbocycles. The van der Waals surface area contributed by atoms with E-state index in [4.69, 9.17) is 18.9 Å². The lowest BCUT2D eigenvalue weighted by Crippen LogP contribution is -2.47. The average molecular weight is 511 g/mol. The molecule has 0 aliphatic carbocycles. The fourth-order valence-corrected chi connectivity index (χ4v) is 4.38. The van der Waals surface area contributed by atoms with Gasteiger partial charge in [0.2, 0.25) is 0 Å². The van der Waals surface area contributed by atoms with Gasteiger partial charge in [-0.25, -0.2) is 9.59 Å². The largest absolute Gasteiger partial charge is 0.493 e. The van der Waals surface area contributed by atoms with Crippen molar-refractivity contribution < 1.29 is 41.7 Å². The number of benzene rings is 2. The molecule has 1 heterocycles. The smallest absolute Gasteiger partial charge is 0.416 e. The van der Waals surface area contributed by atoms with Gasteiger partial charge in [-0.15, -0.1) is 0 Å². The highest BCUT2D eigenvalue weighted by Gasteiger charge is 2.40. The summed E-state index contributed by atoms with van der Waals surface area (Å²) in [5.74, 6) is 0.726. The van der Waals surface area contributed by atoms with E-state index in [1.54, 1.807) is 26.0 Å². The van der Waals surface area contributed by atoms with Crippen LogP contribution in [0.5, 0.6) is 11.5 Å². The third kappa shape index (κ3) is 5.44. The van der Waals surface area contributed by atoms with Crippen LogP contribution in [-0.4, -0.2) is 51.1 Å². The van der Waals surface area contributed by atoms with Crippen molar-refractivity contribution in [3.63, 3.8) is 0 Å². The first-order valence-electron chi connectivity index (χ1n) is 11.3. The van der Waals surface area contributed by atoms with Crippen LogP contribution in [0.3, 0.4) is 0 Å². The van der Waals surface area contributed by atoms with Gasteiger partial charge in [0.15, 0.2) is 11.5 Å². The topological polar surface area (TPSA) is 77.5 Å². The van der Waals surface area contributed by atoms with Crippen LogP contribution in [0.25, 0.3) is 0 Å². The maximum atomic E-state index is 13.3.